The van der Waals surface area contributed by atoms with Crippen molar-refractivity contribution in [2.24, 2.45) is 0 Å². The Hall–Kier alpha value is -3.37. The third-order valence-electron chi connectivity index (χ3n) is 5.81. The van der Waals surface area contributed by atoms with Crippen LogP contribution in [-0.2, 0) is 17.5 Å². The molecule has 2 heterocycles. The van der Waals surface area contributed by atoms with Gasteiger partial charge in [-0.3, -0.25) is 4.79 Å². The maximum absolute atomic E-state index is 13.0. The number of aromatic nitrogens is 1. The molecule has 2 aromatic rings. The van der Waals surface area contributed by atoms with Crippen LogP contribution < -0.4 is 20.9 Å². The zero-order chi connectivity index (χ0) is 25.4. The Morgan fingerprint density at radius 3 is 2.37 bits per heavy atom. The molecule has 190 valence electrons. The smallest absolute Gasteiger partial charge is 0.356 e. The van der Waals surface area contributed by atoms with Crippen LogP contribution in [0.4, 0.5) is 28.2 Å². The number of nitrogens with zero attached hydrogens (tertiary/aromatic N) is 2. The van der Waals surface area contributed by atoms with Crippen molar-refractivity contribution >= 4 is 17.8 Å². The van der Waals surface area contributed by atoms with Gasteiger partial charge in [0.2, 0.25) is 5.91 Å². The average molecular weight is 496 g/mol. The molecule has 0 bridgehead atoms. The van der Waals surface area contributed by atoms with Gasteiger partial charge in [-0.15, -0.1) is 0 Å². The number of benzene rings is 1. The minimum absolute atomic E-state index is 0.114. The van der Waals surface area contributed by atoms with Gasteiger partial charge in [0.25, 0.3) is 0 Å². The molecular formula is C24H29F4N5O2. The number of carbonyl (C=O) groups excluding carboxylic acids is 2. The first-order valence-electron chi connectivity index (χ1n) is 11.5. The molecule has 0 spiro atoms. The Morgan fingerprint density at radius 1 is 1.11 bits per heavy atom. The van der Waals surface area contributed by atoms with Crippen molar-refractivity contribution in [3.63, 3.8) is 0 Å². The molecule has 3 rings (SSSR count). The summed E-state index contributed by atoms with van der Waals surface area (Å²) >= 11 is 0. The van der Waals surface area contributed by atoms with Crippen LogP contribution in [0.3, 0.4) is 0 Å². The predicted molar refractivity (Wildman–Crippen MR) is 123 cm³/mol. The van der Waals surface area contributed by atoms with E-state index in [1.54, 1.807) is 12.1 Å². The Kier molecular flexibility index (Phi) is 8.89. The number of urea groups is 1. The molecule has 1 unspecified atom stereocenters. The minimum Gasteiger partial charge on any atom is -0.356 e. The lowest BCUT2D eigenvalue weighted by Crippen LogP contribution is -2.53. The number of alkyl halides is 3. The van der Waals surface area contributed by atoms with Crippen LogP contribution in [0.2, 0.25) is 0 Å². The number of rotatable bonds is 8. The summed E-state index contributed by atoms with van der Waals surface area (Å²) < 4.78 is 51.2. The number of halogens is 4. The molecule has 11 heteroatoms. The highest BCUT2D eigenvalue weighted by Gasteiger charge is 2.31. The average Bonchev–Trinajstić information content (AvgIpc) is 2.83. The Morgan fingerprint density at radius 2 is 1.80 bits per heavy atom. The number of hydrogen-bond donors (Lipinski definition) is 3. The maximum atomic E-state index is 13.0. The first kappa shape index (κ1) is 26.2. The molecule has 1 fully saturated rings. The van der Waals surface area contributed by atoms with Crippen LogP contribution >= 0.6 is 0 Å². The standard InChI is InChI=1S/C24H29F4N5O2/c1-2-3-20(32-23(35)30-14-16-4-7-18(25)8-5-16)22(34)31-19-10-12-33(13-11-19)21-9-6-17(15-29-21)24(26,27)28/h4-9,15,19-20H,2-3,10-14H2,1H3,(H,31,34)(H2,30,32,35). The first-order valence-corrected chi connectivity index (χ1v) is 11.5. The van der Waals surface area contributed by atoms with E-state index in [0.717, 1.165) is 17.8 Å². The summed E-state index contributed by atoms with van der Waals surface area (Å²) in [6.45, 7) is 3.18. The van der Waals surface area contributed by atoms with Crippen molar-refractivity contribution in [2.75, 3.05) is 18.0 Å². The lowest BCUT2D eigenvalue weighted by atomic mass is 10.0. The fourth-order valence-electron chi connectivity index (χ4n) is 3.85. The fraction of sp³-hybridized carbons (Fsp3) is 0.458. The molecule has 1 atom stereocenters. The highest BCUT2D eigenvalue weighted by atomic mass is 19.4. The third-order valence-corrected chi connectivity index (χ3v) is 5.81. The number of amides is 3. The van der Waals surface area contributed by atoms with E-state index in [9.17, 15) is 27.2 Å². The number of carbonyl (C=O) groups is 2. The normalized spacial score (nSPS) is 15.4. The van der Waals surface area contributed by atoms with E-state index in [2.05, 4.69) is 20.9 Å². The molecule has 7 nitrogen and oxygen atoms in total. The molecule has 35 heavy (non-hydrogen) atoms. The second-order valence-corrected chi connectivity index (χ2v) is 8.47. The summed E-state index contributed by atoms with van der Waals surface area (Å²) in [5.74, 6) is -0.180. The SMILES string of the molecule is CCCC(NC(=O)NCc1ccc(F)cc1)C(=O)NC1CCN(c2ccc(C(F)(F)F)cn2)CC1. The maximum Gasteiger partial charge on any atom is 0.417 e. The van der Waals surface area contributed by atoms with Crippen LogP contribution in [-0.4, -0.2) is 42.1 Å². The van der Waals surface area contributed by atoms with Crippen molar-refractivity contribution in [1.29, 1.82) is 0 Å². The van der Waals surface area contributed by atoms with Crippen molar-refractivity contribution in [2.45, 2.75) is 57.4 Å². The summed E-state index contributed by atoms with van der Waals surface area (Å²) in [4.78, 5) is 30.9. The van der Waals surface area contributed by atoms with E-state index in [-0.39, 0.29) is 24.3 Å². The number of anilines is 1. The van der Waals surface area contributed by atoms with Gasteiger partial charge in [0.05, 0.1) is 5.56 Å². The molecule has 1 aromatic carbocycles. The van der Waals surface area contributed by atoms with Gasteiger partial charge in [-0.2, -0.15) is 13.2 Å². The zero-order valence-electron chi connectivity index (χ0n) is 19.4. The van der Waals surface area contributed by atoms with E-state index in [0.29, 0.717) is 44.6 Å². The number of hydrogen-bond acceptors (Lipinski definition) is 4. The topological polar surface area (TPSA) is 86.4 Å². The van der Waals surface area contributed by atoms with Gasteiger partial charge in [-0.05, 0) is 49.1 Å². The van der Waals surface area contributed by atoms with E-state index in [4.69, 9.17) is 0 Å². The monoisotopic (exact) mass is 495 g/mol. The highest BCUT2D eigenvalue weighted by molar-refractivity contribution is 5.87. The van der Waals surface area contributed by atoms with E-state index < -0.39 is 23.8 Å². The van der Waals surface area contributed by atoms with E-state index in [1.807, 2.05) is 11.8 Å². The highest BCUT2D eigenvalue weighted by Crippen LogP contribution is 2.29. The molecule has 1 aliphatic rings. The van der Waals surface area contributed by atoms with E-state index >= 15 is 0 Å². The van der Waals surface area contributed by atoms with Crippen molar-refractivity contribution in [1.82, 2.24) is 20.9 Å². The first-order chi connectivity index (χ1) is 16.7. The predicted octanol–water partition coefficient (Wildman–Crippen LogP) is 3.99. The number of piperidine rings is 1. The van der Waals surface area contributed by atoms with Crippen LogP contribution in [0.25, 0.3) is 0 Å². The molecule has 0 saturated carbocycles. The summed E-state index contributed by atoms with van der Waals surface area (Å²) in [5.41, 5.74) is -0.0630. The quantitative estimate of drug-likeness (QED) is 0.484. The molecule has 1 aliphatic heterocycles. The molecule has 1 aromatic heterocycles. The number of nitrogens with one attached hydrogen (secondary N) is 3. The van der Waals surface area contributed by atoms with Gasteiger partial charge >= 0.3 is 12.2 Å². The van der Waals surface area contributed by atoms with Gasteiger partial charge in [0, 0.05) is 31.9 Å². The van der Waals surface area contributed by atoms with Gasteiger partial charge in [-0.1, -0.05) is 25.5 Å². The van der Waals surface area contributed by atoms with Crippen LogP contribution in [0.5, 0.6) is 0 Å². The van der Waals surface area contributed by atoms with Crippen LogP contribution in [0, 0.1) is 5.82 Å². The molecule has 3 amide bonds. The molecule has 1 saturated heterocycles. The minimum atomic E-state index is -4.43. The second kappa shape index (κ2) is 11.9. The van der Waals surface area contributed by atoms with Crippen molar-refractivity contribution in [3.8, 4) is 0 Å². The number of pyridine rings is 1. The largest absolute Gasteiger partial charge is 0.417 e. The third kappa shape index (κ3) is 7.83. The molecular weight excluding hydrogens is 466 g/mol. The fourth-order valence-corrected chi connectivity index (χ4v) is 3.85. The zero-order valence-corrected chi connectivity index (χ0v) is 19.4. The Labute approximate surface area is 201 Å². The second-order valence-electron chi connectivity index (χ2n) is 8.47. The summed E-state index contributed by atoms with van der Waals surface area (Å²) in [7, 11) is 0. The van der Waals surface area contributed by atoms with Crippen molar-refractivity contribution < 1.29 is 27.2 Å². The van der Waals surface area contributed by atoms with Crippen LogP contribution in [0.1, 0.15) is 43.7 Å². The summed E-state index contributed by atoms with van der Waals surface area (Å²) in [6.07, 6.45) is -1.25. The van der Waals surface area contributed by atoms with Crippen LogP contribution in [0.15, 0.2) is 42.6 Å². The summed E-state index contributed by atoms with van der Waals surface area (Å²) in [5, 5.41) is 8.33. The van der Waals surface area contributed by atoms with Crippen molar-refractivity contribution in [3.05, 3.63) is 59.5 Å². The van der Waals surface area contributed by atoms with Gasteiger partial charge in [0.15, 0.2) is 0 Å². The Bertz CT molecular complexity index is 975. The lowest BCUT2D eigenvalue weighted by molar-refractivity contribution is -0.137. The molecule has 0 aliphatic carbocycles. The van der Waals surface area contributed by atoms with Gasteiger partial charge in [0.1, 0.15) is 17.7 Å². The summed E-state index contributed by atoms with van der Waals surface area (Å²) in [6, 6.07) is 6.80. The Balaban J connectivity index is 1.46. The van der Waals surface area contributed by atoms with Gasteiger partial charge < -0.3 is 20.9 Å². The molecule has 0 radical (unpaired) electrons. The van der Waals surface area contributed by atoms with Gasteiger partial charge in [-0.25, -0.2) is 14.2 Å². The molecule has 3 N–H and O–H groups in total. The lowest BCUT2D eigenvalue weighted by Gasteiger charge is -2.34. The van der Waals surface area contributed by atoms with E-state index in [1.165, 1.54) is 18.2 Å².